The lowest BCUT2D eigenvalue weighted by atomic mass is 9.90. The second-order valence-corrected chi connectivity index (χ2v) is 8.37. The van der Waals surface area contributed by atoms with Crippen molar-refractivity contribution in [2.75, 3.05) is 0 Å². The van der Waals surface area contributed by atoms with E-state index in [1.165, 1.54) is 6.07 Å². The Morgan fingerprint density at radius 1 is 0.579 bits per heavy atom. The molecule has 8 heteroatoms. The number of hydrogen-bond donors (Lipinski definition) is 0. The van der Waals surface area contributed by atoms with Gasteiger partial charge in [-0.1, -0.05) is 42.5 Å². The van der Waals surface area contributed by atoms with Crippen molar-refractivity contribution in [3.63, 3.8) is 0 Å². The lowest BCUT2D eigenvalue weighted by Gasteiger charge is -2.11. The lowest BCUT2D eigenvalue weighted by Crippen LogP contribution is -2.05. The van der Waals surface area contributed by atoms with E-state index >= 15 is 0 Å². The molecule has 0 saturated carbocycles. The minimum Gasteiger partial charge on any atom is -0.192 e. The average Bonchev–Trinajstić information content (AvgIpc) is 3.42. The molecule has 3 aromatic rings. The number of halogens is 3. The zero-order chi connectivity index (χ0) is 27.2. The maximum absolute atomic E-state index is 13.5. The third-order valence-corrected chi connectivity index (χ3v) is 6.51. The fraction of sp³-hybridized carbons (Fsp3) is 0.0333. The zero-order valence-corrected chi connectivity index (χ0v) is 19.1. The molecule has 3 aromatic carbocycles. The summed E-state index contributed by atoms with van der Waals surface area (Å²) in [6.07, 6.45) is -4.63. The Morgan fingerprint density at radius 2 is 1.13 bits per heavy atom. The molecule has 0 fully saturated rings. The first kappa shape index (κ1) is 23.8. The molecule has 0 bridgehead atoms. The van der Waals surface area contributed by atoms with E-state index in [4.69, 9.17) is 0 Å². The summed E-state index contributed by atoms with van der Waals surface area (Å²) < 4.78 is 40.5. The number of benzene rings is 3. The second kappa shape index (κ2) is 8.65. The first-order valence-corrected chi connectivity index (χ1v) is 11.0. The quantitative estimate of drug-likeness (QED) is 0.268. The van der Waals surface area contributed by atoms with Gasteiger partial charge in [0.2, 0.25) is 0 Å². The molecule has 38 heavy (non-hydrogen) atoms. The molecule has 0 spiro atoms. The van der Waals surface area contributed by atoms with Crippen molar-refractivity contribution in [2.24, 2.45) is 0 Å². The van der Waals surface area contributed by atoms with Crippen molar-refractivity contribution in [3.05, 3.63) is 105 Å². The Morgan fingerprint density at radius 3 is 1.71 bits per heavy atom. The van der Waals surface area contributed by atoms with Crippen LogP contribution in [0.1, 0.15) is 33.4 Å². The minimum atomic E-state index is -4.63. The van der Waals surface area contributed by atoms with Crippen molar-refractivity contribution < 1.29 is 13.2 Å². The van der Waals surface area contributed by atoms with Crippen LogP contribution < -0.4 is 0 Å². The second-order valence-electron chi connectivity index (χ2n) is 8.37. The monoisotopic (exact) mass is 497 g/mol. The molecular formula is C30H10F3N5. The van der Waals surface area contributed by atoms with E-state index in [1.807, 2.05) is 12.1 Å². The van der Waals surface area contributed by atoms with E-state index in [0.717, 1.165) is 12.1 Å². The van der Waals surface area contributed by atoms with Crippen LogP contribution in [0.2, 0.25) is 0 Å². The van der Waals surface area contributed by atoms with Crippen molar-refractivity contribution in [3.8, 4) is 41.5 Å². The fourth-order valence-electron chi connectivity index (χ4n) is 4.97. The predicted octanol–water partition coefficient (Wildman–Crippen LogP) is 6.78. The molecule has 2 aliphatic rings. The Hall–Kier alpha value is -5.88. The molecule has 0 heterocycles. The summed E-state index contributed by atoms with van der Waals surface area (Å²) in [5, 5.41) is 48.7. The van der Waals surface area contributed by atoms with Crippen LogP contribution >= 0.6 is 0 Å². The first-order chi connectivity index (χ1) is 18.3. The van der Waals surface area contributed by atoms with Gasteiger partial charge in [0.15, 0.2) is 0 Å². The Bertz CT molecular complexity index is 1870. The van der Waals surface area contributed by atoms with Gasteiger partial charge < -0.3 is 0 Å². The fourth-order valence-corrected chi connectivity index (χ4v) is 4.97. The van der Waals surface area contributed by atoms with Crippen LogP contribution in [0, 0.1) is 56.7 Å². The summed E-state index contributed by atoms with van der Waals surface area (Å²) >= 11 is 0. The maximum Gasteiger partial charge on any atom is 0.416 e. The number of alkyl halides is 3. The molecule has 0 radical (unpaired) electrons. The van der Waals surface area contributed by atoms with Gasteiger partial charge >= 0.3 is 6.18 Å². The molecule has 0 atom stereocenters. The molecule has 0 saturated heterocycles. The van der Waals surface area contributed by atoms with Gasteiger partial charge in [-0.15, -0.1) is 0 Å². The van der Waals surface area contributed by atoms with Crippen LogP contribution in [0.3, 0.4) is 0 Å². The van der Waals surface area contributed by atoms with Crippen LogP contribution in [0.15, 0.2) is 71.8 Å². The van der Waals surface area contributed by atoms with E-state index in [2.05, 4.69) is 6.07 Å². The zero-order valence-electron chi connectivity index (χ0n) is 19.1. The smallest absolute Gasteiger partial charge is 0.192 e. The number of fused-ring (bicyclic) bond motifs is 4. The summed E-state index contributed by atoms with van der Waals surface area (Å²) in [5.74, 6) is 0. The number of allylic oxidation sites excluding steroid dienone is 5. The van der Waals surface area contributed by atoms with Gasteiger partial charge in [0.25, 0.3) is 0 Å². The number of rotatable bonds is 1. The Balaban J connectivity index is 1.84. The third-order valence-electron chi connectivity index (χ3n) is 6.51. The van der Waals surface area contributed by atoms with Crippen molar-refractivity contribution in [2.45, 2.75) is 6.18 Å². The van der Waals surface area contributed by atoms with Crippen LogP contribution in [-0.2, 0) is 6.18 Å². The third kappa shape index (κ3) is 3.37. The molecule has 0 N–H and O–H groups in total. The molecule has 5 rings (SSSR count). The van der Waals surface area contributed by atoms with Crippen LogP contribution in [0.5, 0.6) is 0 Å². The molecule has 5 nitrogen and oxygen atoms in total. The van der Waals surface area contributed by atoms with E-state index in [9.17, 15) is 39.5 Å². The van der Waals surface area contributed by atoms with Gasteiger partial charge in [-0.2, -0.15) is 39.5 Å². The number of nitriles is 5. The SMILES string of the molecule is N#CC(C#N)=C1C(c2ccc3c(c2)C(=C(C#N)C#N)c2cc(C(F)(F)F)ccc2-3)=C(C#N)c2ccccc21. The Kier molecular flexibility index (Phi) is 5.43. The molecule has 0 amide bonds. The first-order valence-electron chi connectivity index (χ1n) is 11.0. The predicted molar refractivity (Wildman–Crippen MR) is 131 cm³/mol. The van der Waals surface area contributed by atoms with Crippen LogP contribution in [-0.4, -0.2) is 0 Å². The number of nitrogens with zero attached hydrogens (tertiary/aromatic N) is 5. The van der Waals surface area contributed by atoms with Crippen LogP contribution in [0.25, 0.3) is 33.4 Å². The number of hydrogen-bond acceptors (Lipinski definition) is 5. The summed E-state index contributed by atoms with van der Waals surface area (Å²) in [7, 11) is 0. The highest BCUT2D eigenvalue weighted by Gasteiger charge is 2.36. The highest BCUT2D eigenvalue weighted by atomic mass is 19.4. The van der Waals surface area contributed by atoms with E-state index in [1.54, 1.807) is 54.6 Å². The van der Waals surface area contributed by atoms with E-state index in [-0.39, 0.29) is 33.4 Å². The van der Waals surface area contributed by atoms with E-state index in [0.29, 0.717) is 39.0 Å². The normalized spacial score (nSPS) is 12.8. The highest BCUT2D eigenvalue weighted by Crippen LogP contribution is 2.51. The molecule has 176 valence electrons. The van der Waals surface area contributed by atoms with E-state index < -0.39 is 11.7 Å². The largest absolute Gasteiger partial charge is 0.416 e. The minimum absolute atomic E-state index is 0.0499. The van der Waals surface area contributed by atoms with Gasteiger partial charge in [-0.05, 0) is 51.6 Å². The lowest BCUT2D eigenvalue weighted by molar-refractivity contribution is -0.137. The van der Waals surface area contributed by atoms with Gasteiger partial charge in [-0.25, -0.2) is 0 Å². The summed E-state index contributed by atoms with van der Waals surface area (Å²) in [4.78, 5) is 0. The summed E-state index contributed by atoms with van der Waals surface area (Å²) in [5.41, 5.74) is 2.20. The molecular weight excluding hydrogens is 487 g/mol. The van der Waals surface area contributed by atoms with Gasteiger partial charge in [0, 0.05) is 22.3 Å². The molecule has 2 aliphatic carbocycles. The van der Waals surface area contributed by atoms with Crippen molar-refractivity contribution in [1.82, 2.24) is 0 Å². The summed E-state index contributed by atoms with van der Waals surface area (Å²) in [6, 6.07) is 24.3. The average molecular weight is 497 g/mol. The standard InChI is InChI=1S/C30H10F3N5/c31-30(32,33)19-6-8-22-21-7-5-16(9-24(21)27(25(22)10-19)17(11-34)12-35)28-26(15-38)20-3-1-2-4-23(20)29(28)18(13-36)14-37/h1-10H. The molecule has 0 unspecified atom stereocenters. The van der Waals surface area contributed by atoms with Gasteiger partial charge in [0.05, 0.1) is 11.1 Å². The van der Waals surface area contributed by atoms with Gasteiger partial charge in [0.1, 0.15) is 41.5 Å². The highest BCUT2D eigenvalue weighted by molar-refractivity contribution is 6.26. The molecule has 0 aromatic heterocycles. The van der Waals surface area contributed by atoms with Crippen LogP contribution in [0.4, 0.5) is 13.2 Å². The van der Waals surface area contributed by atoms with Crippen molar-refractivity contribution in [1.29, 1.82) is 26.3 Å². The maximum atomic E-state index is 13.5. The molecule has 0 aliphatic heterocycles. The topological polar surface area (TPSA) is 119 Å². The summed E-state index contributed by atoms with van der Waals surface area (Å²) in [6.45, 7) is 0. The van der Waals surface area contributed by atoms with Gasteiger partial charge in [-0.3, -0.25) is 0 Å². The van der Waals surface area contributed by atoms with Crippen molar-refractivity contribution >= 4 is 22.3 Å². The Labute approximate surface area is 214 Å².